The highest BCUT2D eigenvalue weighted by atomic mass is 16.6. The summed E-state index contributed by atoms with van der Waals surface area (Å²) in [6, 6.07) is 6.95. The zero-order valence-corrected chi connectivity index (χ0v) is 24.5. The van der Waals surface area contributed by atoms with Crippen LogP contribution in [0.2, 0.25) is 0 Å². The minimum atomic E-state index is 0.438. The number of ether oxygens (including phenoxy) is 9. The average Bonchev–Trinajstić information content (AvgIpc) is 2.98. The molecular formula is C30H52O10. The Labute approximate surface area is 240 Å². The van der Waals surface area contributed by atoms with Gasteiger partial charge in [-0.3, -0.25) is 4.79 Å². The summed E-state index contributed by atoms with van der Waals surface area (Å²) in [7, 11) is 0. The number of carbonyl (C=O) groups is 1. The van der Waals surface area contributed by atoms with Crippen molar-refractivity contribution in [3.63, 3.8) is 0 Å². The maximum absolute atomic E-state index is 10.6. The molecule has 0 spiro atoms. The lowest BCUT2D eigenvalue weighted by Gasteiger charge is -2.09. The molecule has 0 aliphatic carbocycles. The quantitative estimate of drug-likeness (QED) is 0.0931. The first-order valence-electron chi connectivity index (χ1n) is 14.7. The van der Waals surface area contributed by atoms with E-state index in [1.54, 1.807) is 24.3 Å². The summed E-state index contributed by atoms with van der Waals surface area (Å²) >= 11 is 0. The molecule has 0 saturated carbocycles. The molecule has 0 aliphatic rings. The summed E-state index contributed by atoms with van der Waals surface area (Å²) in [6.45, 7) is 11.5. The van der Waals surface area contributed by atoms with Crippen LogP contribution in [0.4, 0.5) is 0 Å². The van der Waals surface area contributed by atoms with Gasteiger partial charge in [0.1, 0.15) is 18.6 Å². The normalized spacial score (nSPS) is 11.2. The number of rotatable bonds is 32. The summed E-state index contributed by atoms with van der Waals surface area (Å²) in [5, 5.41) is 0. The Hall–Kier alpha value is -1.63. The van der Waals surface area contributed by atoms with Crippen molar-refractivity contribution in [3.8, 4) is 5.75 Å². The van der Waals surface area contributed by atoms with Gasteiger partial charge in [-0.1, -0.05) is 32.6 Å². The first-order valence-corrected chi connectivity index (χ1v) is 14.7. The molecule has 0 unspecified atom stereocenters. The number of hydrogen-bond donors (Lipinski definition) is 0. The van der Waals surface area contributed by atoms with Gasteiger partial charge in [0, 0.05) is 12.2 Å². The molecule has 0 N–H and O–H groups in total. The van der Waals surface area contributed by atoms with Crippen molar-refractivity contribution in [2.45, 2.75) is 39.0 Å². The van der Waals surface area contributed by atoms with E-state index in [9.17, 15) is 4.79 Å². The van der Waals surface area contributed by atoms with Crippen LogP contribution in [0.25, 0.3) is 0 Å². The largest absolute Gasteiger partial charge is 0.491 e. The molecule has 10 heteroatoms. The van der Waals surface area contributed by atoms with E-state index in [1.807, 2.05) is 0 Å². The van der Waals surface area contributed by atoms with Crippen molar-refractivity contribution in [2.75, 3.05) is 112 Å². The van der Waals surface area contributed by atoms with Gasteiger partial charge < -0.3 is 42.6 Å². The van der Waals surface area contributed by atoms with E-state index in [0.717, 1.165) is 19.3 Å². The van der Waals surface area contributed by atoms with Gasteiger partial charge in [-0.05, 0) is 30.7 Å². The molecule has 0 bridgehead atoms. The van der Waals surface area contributed by atoms with Crippen molar-refractivity contribution in [2.24, 2.45) is 0 Å². The fourth-order valence-electron chi connectivity index (χ4n) is 3.31. The van der Waals surface area contributed by atoms with Gasteiger partial charge in [0.2, 0.25) is 0 Å². The summed E-state index contributed by atoms with van der Waals surface area (Å²) in [6.07, 6.45) is 7.08. The lowest BCUT2D eigenvalue weighted by Crippen LogP contribution is -2.15. The molecule has 0 saturated heterocycles. The third-order valence-electron chi connectivity index (χ3n) is 5.51. The van der Waals surface area contributed by atoms with E-state index in [-0.39, 0.29) is 0 Å². The Morgan fingerprint density at radius 1 is 0.450 bits per heavy atom. The van der Waals surface area contributed by atoms with E-state index in [0.29, 0.717) is 117 Å². The lowest BCUT2D eigenvalue weighted by atomic mass is 10.2. The Bertz CT molecular complexity index is 644. The second kappa shape index (κ2) is 30.3. The first-order chi connectivity index (χ1) is 19.9. The molecule has 0 radical (unpaired) electrons. The van der Waals surface area contributed by atoms with E-state index >= 15 is 0 Å². The molecular weight excluding hydrogens is 520 g/mol. The Morgan fingerprint density at radius 2 is 0.800 bits per heavy atom. The fourth-order valence-corrected chi connectivity index (χ4v) is 3.31. The summed E-state index contributed by atoms with van der Waals surface area (Å²) < 4.78 is 49.4. The molecule has 40 heavy (non-hydrogen) atoms. The third-order valence-corrected chi connectivity index (χ3v) is 5.51. The van der Waals surface area contributed by atoms with Crippen molar-refractivity contribution in [1.29, 1.82) is 0 Å². The van der Waals surface area contributed by atoms with Gasteiger partial charge in [0.15, 0.2) is 0 Å². The lowest BCUT2D eigenvalue weighted by molar-refractivity contribution is -0.0236. The third kappa shape index (κ3) is 25.3. The summed E-state index contributed by atoms with van der Waals surface area (Å²) in [5.41, 5.74) is 0.623. The minimum Gasteiger partial charge on any atom is -0.491 e. The molecule has 0 aromatic heterocycles. The highest BCUT2D eigenvalue weighted by Gasteiger charge is 1.97. The van der Waals surface area contributed by atoms with Crippen molar-refractivity contribution in [1.82, 2.24) is 0 Å². The minimum absolute atomic E-state index is 0.438. The first kappa shape index (κ1) is 36.4. The maximum atomic E-state index is 10.6. The molecule has 1 rings (SSSR count). The standard InChI is InChI=1S/C30H52O10/c1-2-3-4-5-6-11-32-12-13-33-14-15-34-16-17-35-18-19-36-20-21-37-22-23-38-24-25-39-26-27-40-30-9-7-29(28-31)8-10-30/h7-10,28H,2-6,11-27H2,1H3. The second-order valence-corrected chi connectivity index (χ2v) is 8.85. The SMILES string of the molecule is CCCCCCCOCCOCCOCCOCCOCCOCCOCCOCCOc1ccc(C=O)cc1. The van der Waals surface area contributed by atoms with Gasteiger partial charge in [-0.15, -0.1) is 0 Å². The molecule has 1 aromatic rings. The predicted molar refractivity (Wildman–Crippen MR) is 153 cm³/mol. The van der Waals surface area contributed by atoms with Crippen LogP contribution in [0, 0.1) is 0 Å². The average molecular weight is 573 g/mol. The molecule has 10 nitrogen and oxygen atoms in total. The molecule has 0 atom stereocenters. The van der Waals surface area contributed by atoms with Crippen LogP contribution in [0.5, 0.6) is 5.75 Å². The maximum Gasteiger partial charge on any atom is 0.150 e. The van der Waals surface area contributed by atoms with Crippen LogP contribution < -0.4 is 4.74 Å². The molecule has 0 fully saturated rings. The Morgan fingerprint density at radius 3 is 1.18 bits per heavy atom. The van der Waals surface area contributed by atoms with Gasteiger partial charge in [0.25, 0.3) is 0 Å². The molecule has 0 heterocycles. The number of benzene rings is 1. The van der Waals surface area contributed by atoms with Crippen LogP contribution in [-0.2, 0) is 37.9 Å². The molecule has 1 aromatic carbocycles. The second-order valence-electron chi connectivity index (χ2n) is 8.85. The number of unbranched alkanes of at least 4 members (excludes halogenated alkanes) is 4. The van der Waals surface area contributed by atoms with Gasteiger partial charge in [-0.2, -0.15) is 0 Å². The van der Waals surface area contributed by atoms with E-state index in [2.05, 4.69) is 6.92 Å². The Kier molecular flexibility index (Phi) is 27.6. The van der Waals surface area contributed by atoms with Crippen LogP contribution in [0.1, 0.15) is 49.4 Å². The predicted octanol–water partition coefficient (Wildman–Crippen LogP) is 3.98. The van der Waals surface area contributed by atoms with Crippen LogP contribution in [0.3, 0.4) is 0 Å². The summed E-state index contributed by atoms with van der Waals surface area (Å²) in [5.74, 6) is 0.710. The summed E-state index contributed by atoms with van der Waals surface area (Å²) in [4.78, 5) is 10.6. The van der Waals surface area contributed by atoms with Crippen molar-refractivity contribution < 1.29 is 47.4 Å². The number of hydrogen-bond acceptors (Lipinski definition) is 10. The monoisotopic (exact) mass is 572 g/mol. The topological polar surface area (TPSA) is 100 Å². The number of aldehydes is 1. The van der Waals surface area contributed by atoms with Gasteiger partial charge >= 0.3 is 0 Å². The van der Waals surface area contributed by atoms with Gasteiger partial charge in [0.05, 0.1) is 99.1 Å². The van der Waals surface area contributed by atoms with E-state index in [4.69, 9.17) is 42.6 Å². The van der Waals surface area contributed by atoms with Crippen molar-refractivity contribution in [3.05, 3.63) is 29.8 Å². The Balaban J connectivity index is 1.65. The fraction of sp³-hybridized carbons (Fsp3) is 0.767. The molecule has 0 amide bonds. The van der Waals surface area contributed by atoms with E-state index < -0.39 is 0 Å². The van der Waals surface area contributed by atoms with Gasteiger partial charge in [-0.25, -0.2) is 0 Å². The van der Waals surface area contributed by atoms with E-state index in [1.165, 1.54) is 25.7 Å². The highest BCUT2D eigenvalue weighted by molar-refractivity contribution is 5.74. The van der Waals surface area contributed by atoms with Crippen molar-refractivity contribution >= 4 is 6.29 Å². The highest BCUT2D eigenvalue weighted by Crippen LogP contribution is 2.10. The smallest absolute Gasteiger partial charge is 0.150 e. The number of carbonyl (C=O) groups excluding carboxylic acids is 1. The van der Waals surface area contributed by atoms with Crippen LogP contribution in [0.15, 0.2) is 24.3 Å². The zero-order chi connectivity index (χ0) is 28.6. The molecule has 0 aliphatic heterocycles. The van der Waals surface area contributed by atoms with Crippen LogP contribution >= 0.6 is 0 Å². The van der Waals surface area contributed by atoms with Crippen LogP contribution in [-0.4, -0.2) is 119 Å². The zero-order valence-electron chi connectivity index (χ0n) is 24.5. The molecule has 232 valence electrons.